The summed E-state index contributed by atoms with van der Waals surface area (Å²) in [6.07, 6.45) is 1.69. The van der Waals surface area contributed by atoms with Crippen molar-refractivity contribution >= 4 is 33.5 Å². The topological polar surface area (TPSA) is 55.4 Å². The van der Waals surface area contributed by atoms with Gasteiger partial charge in [-0.25, -0.2) is 0 Å². The number of benzene rings is 1. The normalized spacial score (nSPS) is 11.7. The number of carbonyl (C=O) groups is 2. The molecule has 0 fully saturated rings. The number of ether oxygens (including phenoxy) is 1. The van der Waals surface area contributed by atoms with Crippen molar-refractivity contribution in [2.75, 3.05) is 11.9 Å². The van der Waals surface area contributed by atoms with Crippen LogP contribution in [0.4, 0.5) is 5.69 Å². The molecule has 0 aliphatic rings. The zero-order valence-electron chi connectivity index (χ0n) is 11.1. The summed E-state index contributed by atoms with van der Waals surface area (Å²) in [5, 5.41) is 2.66. The molecule has 0 aliphatic carbocycles. The summed E-state index contributed by atoms with van der Waals surface area (Å²) in [5.41, 5.74) is 0.672. The number of anilines is 1. The van der Waals surface area contributed by atoms with Crippen molar-refractivity contribution in [1.82, 2.24) is 0 Å². The lowest BCUT2D eigenvalue weighted by Gasteiger charge is -2.10. The monoisotopic (exact) mass is 327 g/mol. The summed E-state index contributed by atoms with van der Waals surface area (Å²) in [4.78, 5) is 23.1. The van der Waals surface area contributed by atoms with Gasteiger partial charge in [-0.3, -0.25) is 9.59 Å². The van der Waals surface area contributed by atoms with Gasteiger partial charge in [-0.1, -0.05) is 36.2 Å². The van der Waals surface area contributed by atoms with Crippen LogP contribution < -0.4 is 5.32 Å². The maximum absolute atomic E-state index is 11.6. The summed E-state index contributed by atoms with van der Waals surface area (Å²) >= 11 is 3.31. The smallest absolute Gasteiger partial charge is 0.309 e. The van der Waals surface area contributed by atoms with Crippen LogP contribution in [0.25, 0.3) is 0 Å². The van der Waals surface area contributed by atoms with Crippen LogP contribution in [0.15, 0.2) is 28.7 Å². The summed E-state index contributed by atoms with van der Waals surface area (Å²) < 4.78 is 5.89. The van der Waals surface area contributed by atoms with Crippen LogP contribution in [-0.4, -0.2) is 18.5 Å². The van der Waals surface area contributed by atoms with E-state index in [0.29, 0.717) is 5.69 Å². The van der Waals surface area contributed by atoms with Crippen molar-refractivity contribution in [3.63, 3.8) is 0 Å². The molecule has 0 saturated carbocycles. The standard InChI is InChI=1S/C14H18BrNO3/c1-3-4-10(2)14(18)19-9-13(17)16-12-7-5-11(15)6-8-12/h5-8,10H,3-4,9H2,1-2H3,(H,16,17)/t10-/m0/s1. The molecule has 0 aliphatic heterocycles. The van der Waals surface area contributed by atoms with E-state index < -0.39 is 0 Å². The highest BCUT2D eigenvalue weighted by Gasteiger charge is 2.14. The fourth-order valence-electron chi connectivity index (χ4n) is 1.56. The fourth-order valence-corrected chi connectivity index (χ4v) is 1.82. The first-order chi connectivity index (χ1) is 9.02. The maximum atomic E-state index is 11.6. The summed E-state index contributed by atoms with van der Waals surface area (Å²) in [5.74, 6) is -0.822. The second kappa shape index (κ2) is 7.94. The zero-order chi connectivity index (χ0) is 14.3. The lowest BCUT2D eigenvalue weighted by Crippen LogP contribution is -2.23. The predicted molar refractivity (Wildman–Crippen MR) is 77.8 cm³/mol. The van der Waals surface area contributed by atoms with E-state index in [1.54, 1.807) is 19.1 Å². The third kappa shape index (κ3) is 5.87. The average molecular weight is 328 g/mol. The van der Waals surface area contributed by atoms with Crippen LogP contribution in [0.3, 0.4) is 0 Å². The SMILES string of the molecule is CCC[C@H](C)C(=O)OCC(=O)Nc1ccc(Br)cc1. The van der Waals surface area contributed by atoms with E-state index in [-0.39, 0.29) is 24.4 Å². The van der Waals surface area contributed by atoms with Crippen molar-refractivity contribution in [3.8, 4) is 0 Å². The molecule has 104 valence electrons. The van der Waals surface area contributed by atoms with Gasteiger partial charge in [0.05, 0.1) is 5.92 Å². The Kier molecular flexibility index (Phi) is 6.56. The third-order valence-electron chi connectivity index (χ3n) is 2.60. The summed E-state index contributed by atoms with van der Waals surface area (Å²) in [6, 6.07) is 7.18. The first kappa shape index (κ1) is 15.7. The van der Waals surface area contributed by atoms with E-state index >= 15 is 0 Å². The Morgan fingerprint density at radius 1 is 1.32 bits per heavy atom. The van der Waals surface area contributed by atoms with Crippen LogP contribution in [0.2, 0.25) is 0 Å². The Hall–Kier alpha value is -1.36. The van der Waals surface area contributed by atoms with Crippen LogP contribution in [0.5, 0.6) is 0 Å². The lowest BCUT2D eigenvalue weighted by molar-refractivity contribution is -0.151. The molecule has 4 nitrogen and oxygen atoms in total. The van der Waals surface area contributed by atoms with Gasteiger partial charge in [0, 0.05) is 10.2 Å². The minimum atomic E-state index is -0.334. The molecule has 0 saturated heterocycles. The summed E-state index contributed by atoms with van der Waals surface area (Å²) in [6.45, 7) is 3.56. The van der Waals surface area contributed by atoms with Gasteiger partial charge >= 0.3 is 5.97 Å². The van der Waals surface area contributed by atoms with E-state index in [1.807, 2.05) is 19.1 Å². The number of hydrogen-bond acceptors (Lipinski definition) is 3. The van der Waals surface area contributed by atoms with Gasteiger partial charge in [0.1, 0.15) is 0 Å². The minimum absolute atomic E-state index is 0.162. The molecule has 1 rings (SSSR count). The van der Waals surface area contributed by atoms with Crippen LogP contribution in [0.1, 0.15) is 26.7 Å². The lowest BCUT2D eigenvalue weighted by atomic mass is 10.1. The van der Waals surface area contributed by atoms with E-state index in [4.69, 9.17) is 4.74 Å². The van der Waals surface area contributed by atoms with Gasteiger partial charge in [0.25, 0.3) is 5.91 Å². The minimum Gasteiger partial charge on any atom is -0.455 e. The molecule has 1 atom stereocenters. The van der Waals surface area contributed by atoms with Crippen molar-refractivity contribution in [1.29, 1.82) is 0 Å². The molecule has 1 amide bonds. The molecule has 1 N–H and O–H groups in total. The number of nitrogens with one attached hydrogen (secondary N) is 1. The van der Waals surface area contributed by atoms with Crippen molar-refractivity contribution in [2.45, 2.75) is 26.7 Å². The highest BCUT2D eigenvalue weighted by Crippen LogP contribution is 2.14. The first-order valence-electron chi connectivity index (χ1n) is 6.25. The first-order valence-corrected chi connectivity index (χ1v) is 7.04. The molecule has 5 heteroatoms. The highest BCUT2D eigenvalue weighted by atomic mass is 79.9. The van der Waals surface area contributed by atoms with Gasteiger partial charge in [-0.15, -0.1) is 0 Å². The third-order valence-corrected chi connectivity index (χ3v) is 3.13. The number of amides is 1. The molecule has 0 heterocycles. The number of halogens is 1. The molecule has 0 bridgehead atoms. The van der Waals surface area contributed by atoms with Gasteiger partial charge in [-0.05, 0) is 30.7 Å². The van der Waals surface area contributed by atoms with Crippen molar-refractivity contribution < 1.29 is 14.3 Å². The van der Waals surface area contributed by atoms with E-state index in [2.05, 4.69) is 21.2 Å². The Labute approximate surface area is 121 Å². The Morgan fingerprint density at radius 3 is 2.53 bits per heavy atom. The second-order valence-electron chi connectivity index (χ2n) is 4.35. The number of esters is 1. The highest BCUT2D eigenvalue weighted by molar-refractivity contribution is 9.10. The van der Waals surface area contributed by atoms with Gasteiger partial charge < -0.3 is 10.1 Å². The largest absolute Gasteiger partial charge is 0.455 e. The molecule has 0 aromatic heterocycles. The summed E-state index contributed by atoms with van der Waals surface area (Å²) in [7, 11) is 0. The number of rotatable bonds is 6. The van der Waals surface area contributed by atoms with Crippen molar-refractivity contribution in [3.05, 3.63) is 28.7 Å². The molecule has 0 radical (unpaired) electrons. The van der Waals surface area contributed by atoms with E-state index in [9.17, 15) is 9.59 Å². The van der Waals surface area contributed by atoms with Crippen LogP contribution in [0, 0.1) is 5.92 Å². The second-order valence-corrected chi connectivity index (χ2v) is 5.27. The fraction of sp³-hybridized carbons (Fsp3) is 0.429. The molecular weight excluding hydrogens is 310 g/mol. The quantitative estimate of drug-likeness (QED) is 0.815. The molecule has 0 unspecified atom stereocenters. The van der Waals surface area contributed by atoms with E-state index in [1.165, 1.54) is 0 Å². The molecule has 1 aromatic carbocycles. The number of carbonyl (C=O) groups excluding carboxylic acids is 2. The maximum Gasteiger partial charge on any atom is 0.309 e. The molecular formula is C14H18BrNO3. The van der Waals surface area contributed by atoms with Gasteiger partial charge in [-0.2, -0.15) is 0 Å². The molecule has 0 spiro atoms. The van der Waals surface area contributed by atoms with Gasteiger partial charge in [0.15, 0.2) is 6.61 Å². The van der Waals surface area contributed by atoms with E-state index in [0.717, 1.165) is 17.3 Å². The number of hydrogen-bond donors (Lipinski definition) is 1. The van der Waals surface area contributed by atoms with Crippen molar-refractivity contribution in [2.24, 2.45) is 5.92 Å². The Balaban J connectivity index is 2.35. The molecule has 1 aromatic rings. The van der Waals surface area contributed by atoms with Crippen LogP contribution in [-0.2, 0) is 14.3 Å². The van der Waals surface area contributed by atoms with Gasteiger partial charge in [0.2, 0.25) is 0 Å². The molecule has 19 heavy (non-hydrogen) atoms. The Bertz CT molecular complexity index is 431. The Morgan fingerprint density at radius 2 is 1.95 bits per heavy atom. The predicted octanol–water partition coefficient (Wildman–Crippen LogP) is 3.37. The average Bonchev–Trinajstić information content (AvgIpc) is 2.39. The zero-order valence-corrected chi connectivity index (χ0v) is 12.7. The van der Waals surface area contributed by atoms with Crippen LogP contribution >= 0.6 is 15.9 Å².